The maximum atomic E-state index is 13.0. The molecule has 1 aromatic carbocycles. The zero-order chi connectivity index (χ0) is 10.9. The summed E-state index contributed by atoms with van der Waals surface area (Å²) >= 11 is 3.29. The molecule has 15 heavy (non-hydrogen) atoms. The predicted molar refractivity (Wildman–Crippen MR) is 63.1 cm³/mol. The summed E-state index contributed by atoms with van der Waals surface area (Å²) in [6, 6.07) is 5.00. The van der Waals surface area contributed by atoms with Crippen LogP contribution in [0, 0.1) is 11.2 Å². The van der Waals surface area contributed by atoms with Gasteiger partial charge in [-0.2, -0.15) is 0 Å². The molecule has 1 nitrogen and oxygen atoms in total. The molecule has 0 bridgehead atoms. The summed E-state index contributed by atoms with van der Waals surface area (Å²) in [4.78, 5) is 0. The van der Waals surface area contributed by atoms with E-state index in [9.17, 15) is 4.39 Å². The van der Waals surface area contributed by atoms with Gasteiger partial charge in [-0.15, -0.1) is 0 Å². The van der Waals surface area contributed by atoms with E-state index in [1.807, 2.05) is 6.07 Å². The second-order valence-corrected chi connectivity index (χ2v) is 5.61. The Balaban J connectivity index is 1.87. The molecule has 0 heterocycles. The van der Waals surface area contributed by atoms with Crippen molar-refractivity contribution in [1.82, 2.24) is 5.32 Å². The maximum Gasteiger partial charge on any atom is 0.124 e. The van der Waals surface area contributed by atoms with Crippen LogP contribution < -0.4 is 5.32 Å². The van der Waals surface area contributed by atoms with E-state index in [0.717, 1.165) is 23.1 Å². The zero-order valence-electron chi connectivity index (χ0n) is 8.82. The molecule has 1 saturated carbocycles. The van der Waals surface area contributed by atoms with Crippen LogP contribution in [0.5, 0.6) is 0 Å². The van der Waals surface area contributed by atoms with Crippen LogP contribution in [0.15, 0.2) is 22.7 Å². The van der Waals surface area contributed by atoms with Crippen molar-refractivity contribution in [3.8, 4) is 0 Å². The Morgan fingerprint density at radius 1 is 1.40 bits per heavy atom. The van der Waals surface area contributed by atoms with Crippen LogP contribution in [0.25, 0.3) is 0 Å². The molecule has 0 aromatic heterocycles. The molecule has 1 N–H and O–H groups in total. The van der Waals surface area contributed by atoms with Crippen LogP contribution in [0.1, 0.15) is 25.3 Å². The van der Waals surface area contributed by atoms with Crippen molar-refractivity contribution in [3.05, 3.63) is 34.1 Å². The second-order valence-electron chi connectivity index (χ2n) is 4.69. The van der Waals surface area contributed by atoms with Crippen LogP contribution in [0.2, 0.25) is 0 Å². The van der Waals surface area contributed by atoms with Gasteiger partial charge in [-0.3, -0.25) is 0 Å². The molecule has 0 amide bonds. The highest BCUT2D eigenvalue weighted by Gasteiger charge is 2.36. The highest BCUT2D eigenvalue weighted by molar-refractivity contribution is 9.10. The van der Waals surface area contributed by atoms with E-state index >= 15 is 0 Å². The maximum absolute atomic E-state index is 13.0. The van der Waals surface area contributed by atoms with Gasteiger partial charge in [0.15, 0.2) is 0 Å². The quantitative estimate of drug-likeness (QED) is 0.884. The average Bonchev–Trinajstić information content (AvgIpc) is 2.82. The standard InChI is InChI=1S/C12H15BrFN/c1-12(2-3-12)8-15-7-9-4-10(13)6-11(14)5-9/h4-6,15H,2-3,7-8H2,1H3. The topological polar surface area (TPSA) is 12.0 Å². The van der Waals surface area contributed by atoms with Crippen molar-refractivity contribution in [2.45, 2.75) is 26.3 Å². The zero-order valence-corrected chi connectivity index (χ0v) is 10.4. The fourth-order valence-electron chi connectivity index (χ4n) is 1.61. The Bertz CT molecular complexity index is 340. The second kappa shape index (κ2) is 4.22. The van der Waals surface area contributed by atoms with Crippen molar-refractivity contribution in [3.63, 3.8) is 0 Å². The Kier molecular flexibility index (Phi) is 3.12. The van der Waals surface area contributed by atoms with Crippen molar-refractivity contribution in [1.29, 1.82) is 0 Å². The fourth-order valence-corrected chi connectivity index (χ4v) is 2.12. The molecule has 0 unspecified atom stereocenters. The first kappa shape index (κ1) is 11.1. The lowest BCUT2D eigenvalue weighted by molar-refractivity contribution is 0.498. The molecule has 0 aliphatic heterocycles. The van der Waals surface area contributed by atoms with E-state index in [1.165, 1.54) is 18.9 Å². The van der Waals surface area contributed by atoms with Crippen molar-refractivity contribution in [2.75, 3.05) is 6.54 Å². The summed E-state index contributed by atoms with van der Waals surface area (Å²) in [7, 11) is 0. The van der Waals surface area contributed by atoms with Crippen molar-refractivity contribution >= 4 is 15.9 Å². The minimum atomic E-state index is -0.182. The monoisotopic (exact) mass is 271 g/mol. The van der Waals surface area contributed by atoms with Gasteiger partial charge >= 0.3 is 0 Å². The Morgan fingerprint density at radius 3 is 2.73 bits per heavy atom. The number of nitrogens with one attached hydrogen (secondary N) is 1. The molecule has 1 aromatic rings. The van der Waals surface area contributed by atoms with E-state index < -0.39 is 0 Å². The largest absolute Gasteiger partial charge is 0.312 e. The van der Waals surface area contributed by atoms with Gasteiger partial charge in [0.05, 0.1) is 0 Å². The van der Waals surface area contributed by atoms with Gasteiger partial charge in [-0.05, 0) is 42.0 Å². The van der Waals surface area contributed by atoms with Crippen LogP contribution in [0.4, 0.5) is 4.39 Å². The van der Waals surface area contributed by atoms with Crippen molar-refractivity contribution < 1.29 is 4.39 Å². The minimum Gasteiger partial charge on any atom is -0.312 e. The summed E-state index contributed by atoms with van der Waals surface area (Å²) in [5.41, 5.74) is 1.50. The van der Waals surface area contributed by atoms with Gasteiger partial charge in [0.1, 0.15) is 5.82 Å². The Morgan fingerprint density at radius 2 is 2.13 bits per heavy atom. The number of halogens is 2. The van der Waals surface area contributed by atoms with E-state index in [2.05, 4.69) is 28.2 Å². The summed E-state index contributed by atoms with van der Waals surface area (Å²) in [5.74, 6) is -0.182. The summed E-state index contributed by atoms with van der Waals surface area (Å²) in [6.45, 7) is 4.05. The number of rotatable bonds is 4. The van der Waals surface area contributed by atoms with Gasteiger partial charge in [0.2, 0.25) is 0 Å². The molecule has 0 atom stereocenters. The first-order valence-electron chi connectivity index (χ1n) is 5.23. The van der Waals surface area contributed by atoms with E-state index in [-0.39, 0.29) is 5.82 Å². The van der Waals surface area contributed by atoms with E-state index in [1.54, 1.807) is 6.07 Å². The third kappa shape index (κ3) is 3.28. The Hall–Kier alpha value is -0.410. The predicted octanol–water partition coefficient (Wildman–Crippen LogP) is 3.48. The molecular weight excluding hydrogens is 257 g/mol. The fraction of sp³-hybridized carbons (Fsp3) is 0.500. The van der Waals surface area contributed by atoms with Gasteiger partial charge in [0.25, 0.3) is 0 Å². The van der Waals surface area contributed by atoms with Gasteiger partial charge < -0.3 is 5.32 Å². The minimum absolute atomic E-state index is 0.182. The average molecular weight is 272 g/mol. The van der Waals surface area contributed by atoms with Gasteiger partial charge in [-0.25, -0.2) is 4.39 Å². The first-order chi connectivity index (χ1) is 7.07. The smallest absolute Gasteiger partial charge is 0.124 e. The molecule has 1 aliphatic rings. The highest BCUT2D eigenvalue weighted by Crippen LogP contribution is 2.44. The first-order valence-corrected chi connectivity index (χ1v) is 6.02. The lowest BCUT2D eigenvalue weighted by Crippen LogP contribution is -2.21. The molecular formula is C12H15BrFN. The van der Waals surface area contributed by atoms with Crippen molar-refractivity contribution in [2.24, 2.45) is 5.41 Å². The molecule has 2 rings (SSSR count). The highest BCUT2D eigenvalue weighted by atomic mass is 79.9. The molecule has 0 radical (unpaired) electrons. The third-order valence-electron chi connectivity index (χ3n) is 2.91. The molecule has 1 aliphatic carbocycles. The summed E-state index contributed by atoms with van der Waals surface area (Å²) < 4.78 is 13.8. The van der Waals surface area contributed by atoms with E-state index in [0.29, 0.717) is 5.41 Å². The van der Waals surface area contributed by atoms with Crippen LogP contribution in [-0.4, -0.2) is 6.54 Å². The summed E-state index contributed by atoms with van der Waals surface area (Å²) in [6.07, 6.45) is 2.62. The lowest BCUT2D eigenvalue weighted by atomic mass is 10.1. The van der Waals surface area contributed by atoms with Crippen LogP contribution in [-0.2, 0) is 6.54 Å². The number of benzene rings is 1. The molecule has 0 spiro atoms. The van der Waals surface area contributed by atoms with Gasteiger partial charge in [0, 0.05) is 17.6 Å². The summed E-state index contributed by atoms with van der Waals surface area (Å²) in [5, 5.41) is 3.37. The SMILES string of the molecule is CC1(CNCc2cc(F)cc(Br)c2)CC1. The molecule has 1 fully saturated rings. The third-order valence-corrected chi connectivity index (χ3v) is 3.36. The Labute approximate surface area is 98.2 Å². The number of hydrogen-bond acceptors (Lipinski definition) is 1. The number of hydrogen-bond donors (Lipinski definition) is 1. The van der Waals surface area contributed by atoms with E-state index in [4.69, 9.17) is 0 Å². The normalized spacial score (nSPS) is 17.8. The van der Waals surface area contributed by atoms with Crippen LogP contribution >= 0.6 is 15.9 Å². The lowest BCUT2D eigenvalue weighted by Gasteiger charge is -2.10. The molecule has 3 heteroatoms. The van der Waals surface area contributed by atoms with Gasteiger partial charge in [-0.1, -0.05) is 22.9 Å². The molecule has 82 valence electrons. The van der Waals surface area contributed by atoms with Crippen LogP contribution in [0.3, 0.4) is 0 Å². The molecule has 0 saturated heterocycles.